The third kappa shape index (κ3) is 3.93. The molecule has 2 fully saturated rings. The van der Waals surface area contributed by atoms with E-state index in [1.165, 1.54) is 51.9 Å². The van der Waals surface area contributed by atoms with Gasteiger partial charge < -0.3 is 4.90 Å². The van der Waals surface area contributed by atoms with Gasteiger partial charge in [-0.3, -0.25) is 9.80 Å². The van der Waals surface area contributed by atoms with E-state index in [0.29, 0.717) is 5.54 Å². The molecule has 0 amide bonds. The van der Waals surface area contributed by atoms with Crippen LogP contribution in [0.4, 0.5) is 0 Å². The molecule has 3 nitrogen and oxygen atoms in total. The maximum atomic E-state index is 2.75. The van der Waals surface area contributed by atoms with Crippen molar-refractivity contribution in [3.63, 3.8) is 0 Å². The van der Waals surface area contributed by atoms with Gasteiger partial charge in [0.05, 0.1) is 0 Å². The highest BCUT2D eigenvalue weighted by Crippen LogP contribution is 2.29. The van der Waals surface area contributed by atoms with Gasteiger partial charge in [-0.25, -0.2) is 0 Å². The van der Waals surface area contributed by atoms with Gasteiger partial charge in [0, 0.05) is 43.8 Å². The second-order valence-corrected chi connectivity index (χ2v) is 7.60. The lowest BCUT2D eigenvalue weighted by Crippen LogP contribution is -2.54. The molecule has 2 rings (SSSR count). The van der Waals surface area contributed by atoms with Crippen molar-refractivity contribution in [3.8, 4) is 0 Å². The van der Waals surface area contributed by atoms with Crippen LogP contribution in [0, 0.1) is 0 Å². The van der Waals surface area contributed by atoms with Gasteiger partial charge >= 0.3 is 0 Å². The number of rotatable bonds is 2. The zero-order valence-corrected chi connectivity index (χ0v) is 13.7. The van der Waals surface area contributed by atoms with Crippen molar-refractivity contribution in [1.29, 1.82) is 0 Å². The predicted octanol–water partition coefficient (Wildman–Crippen LogP) is 2.28. The van der Waals surface area contributed by atoms with Gasteiger partial charge in [0.2, 0.25) is 0 Å². The van der Waals surface area contributed by atoms with Crippen LogP contribution in [0.25, 0.3) is 0 Å². The maximum absolute atomic E-state index is 2.75. The SMILES string of the molecule is CN1CCN([C@@H]2CCC[C@H](N(C)C(C)(C)C)C2)CC1. The maximum Gasteiger partial charge on any atom is 0.0124 e. The largest absolute Gasteiger partial charge is 0.304 e. The van der Waals surface area contributed by atoms with Crippen molar-refractivity contribution < 1.29 is 0 Å². The summed E-state index contributed by atoms with van der Waals surface area (Å²) in [5.41, 5.74) is 0.300. The quantitative estimate of drug-likeness (QED) is 0.760. The van der Waals surface area contributed by atoms with Gasteiger partial charge in [0.1, 0.15) is 0 Å². The Kier molecular flexibility index (Phi) is 4.91. The van der Waals surface area contributed by atoms with Gasteiger partial charge in [0.25, 0.3) is 0 Å². The zero-order valence-electron chi connectivity index (χ0n) is 13.7. The molecule has 1 saturated heterocycles. The molecule has 1 heterocycles. The molecule has 1 aliphatic heterocycles. The van der Waals surface area contributed by atoms with E-state index < -0.39 is 0 Å². The average Bonchev–Trinajstić information content (AvgIpc) is 2.38. The Labute approximate surface area is 119 Å². The lowest BCUT2D eigenvalue weighted by atomic mass is 9.87. The third-order valence-corrected chi connectivity index (χ3v) is 5.28. The fourth-order valence-corrected chi connectivity index (χ4v) is 3.56. The van der Waals surface area contributed by atoms with Crippen molar-refractivity contribution in [2.24, 2.45) is 0 Å². The molecule has 0 aromatic carbocycles. The van der Waals surface area contributed by atoms with Crippen LogP contribution < -0.4 is 0 Å². The summed E-state index contributed by atoms with van der Waals surface area (Å²) in [6.45, 7) is 12.1. The van der Waals surface area contributed by atoms with Gasteiger partial charge in [-0.2, -0.15) is 0 Å². The van der Waals surface area contributed by atoms with Crippen LogP contribution in [0.5, 0.6) is 0 Å². The number of likely N-dealkylation sites (N-methyl/N-ethyl adjacent to an activating group) is 1. The van der Waals surface area contributed by atoms with Gasteiger partial charge in [-0.15, -0.1) is 0 Å². The molecule has 1 aliphatic carbocycles. The van der Waals surface area contributed by atoms with Crippen LogP contribution in [0.15, 0.2) is 0 Å². The Morgan fingerprint density at radius 2 is 1.63 bits per heavy atom. The first-order chi connectivity index (χ1) is 8.88. The lowest BCUT2D eigenvalue weighted by Gasteiger charge is -2.46. The minimum absolute atomic E-state index is 0.300. The van der Waals surface area contributed by atoms with E-state index in [0.717, 1.165) is 12.1 Å². The monoisotopic (exact) mass is 267 g/mol. The fraction of sp³-hybridized carbons (Fsp3) is 1.00. The lowest BCUT2D eigenvalue weighted by molar-refractivity contribution is 0.0341. The Morgan fingerprint density at radius 3 is 2.21 bits per heavy atom. The fourth-order valence-electron chi connectivity index (χ4n) is 3.56. The molecule has 0 bridgehead atoms. The summed E-state index contributed by atoms with van der Waals surface area (Å²) in [6, 6.07) is 1.61. The molecule has 3 heteroatoms. The summed E-state index contributed by atoms with van der Waals surface area (Å²) in [4.78, 5) is 7.82. The Morgan fingerprint density at radius 1 is 1.00 bits per heavy atom. The Bertz CT molecular complexity index is 276. The summed E-state index contributed by atoms with van der Waals surface area (Å²) in [5.74, 6) is 0. The standard InChI is InChI=1S/C16H33N3/c1-16(2,3)18(5)14-7-6-8-15(13-14)19-11-9-17(4)10-12-19/h14-15H,6-13H2,1-5H3/t14-,15+/m0/s1. The molecule has 0 N–H and O–H groups in total. The summed E-state index contributed by atoms with van der Waals surface area (Å²) in [5, 5.41) is 0. The van der Waals surface area contributed by atoms with Crippen LogP contribution in [-0.4, -0.2) is 72.6 Å². The minimum Gasteiger partial charge on any atom is -0.304 e. The van der Waals surface area contributed by atoms with Crippen LogP contribution in [0.1, 0.15) is 46.5 Å². The van der Waals surface area contributed by atoms with Crippen molar-refractivity contribution in [1.82, 2.24) is 14.7 Å². The third-order valence-electron chi connectivity index (χ3n) is 5.28. The Hall–Kier alpha value is -0.120. The van der Waals surface area contributed by atoms with Gasteiger partial charge in [-0.1, -0.05) is 6.42 Å². The van der Waals surface area contributed by atoms with Crippen molar-refractivity contribution in [3.05, 3.63) is 0 Å². The van der Waals surface area contributed by atoms with E-state index in [4.69, 9.17) is 0 Å². The Balaban J connectivity index is 1.90. The molecule has 2 atom stereocenters. The van der Waals surface area contributed by atoms with E-state index in [1.807, 2.05) is 0 Å². The highest BCUT2D eigenvalue weighted by molar-refractivity contribution is 4.89. The van der Waals surface area contributed by atoms with E-state index in [2.05, 4.69) is 49.6 Å². The molecular formula is C16H33N3. The highest BCUT2D eigenvalue weighted by Gasteiger charge is 2.33. The summed E-state index contributed by atoms with van der Waals surface area (Å²) in [7, 11) is 4.56. The minimum atomic E-state index is 0.300. The first-order valence-corrected chi connectivity index (χ1v) is 8.03. The van der Waals surface area contributed by atoms with Gasteiger partial charge in [0.15, 0.2) is 0 Å². The second kappa shape index (κ2) is 6.11. The average molecular weight is 267 g/mol. The highest BCUT2D eigenvalue weighted by atomic mass is 15.3. The van der Waals surface area contributed by atoms with E-state index >= 15 is 0 Å². The van der Waals surface area contributed by atoms with E-state index in [-0.39, 0.29) is 0 Å². The molecule has 0 aromatic rings. The smallest absolute Gasteiger partial charge is 0.0124 e. The van der Waals surface area contributed by atoms with E-state index in [1.54, 1.807) is 0 Å². The summed E-state index contributed by atoms with van der Waals surface area (Å²) < 4.78 is 0. The normalized spacial score (nSPS) is 31.9. The van der Waals surface area contributed by atoms with Crippen LogP contribution in [-0.2, 0) is 0 Å². The molecule has 1 saturated carbocycles. The number of piperazine rings is 1. The molecule has 0 unspecified atom stereocenters. The summed E-state index contributed by atoms with van der Waals surface area (Å²) in [6.07, 6.45) is 5.58. The predicted molar refractivity (Wildman–Crippen MR) is 82.6 cm³/mol. The van der Waals surface area contributed by atoms with Crippen molar-refractivity contribution in [2.75, 3.05) is 40.3 Å². The molecule has 19 heavy (non-hydrogen) atoms. The van der Waals surface area contributed by atoms with E-state index in [9.17, 15) is 0 Å². The first kappa shape index (κ1) is 15.3. The van der Waals surface area contributed by atoms with Crippen LogP contribution in [0.2, 0.25) is 0 Å². The number of nitrogens with zero attached hydrogens (tertiary/aromatic N) is 3. The summed E-state index contributed by atoms with van der Waals surface area (Å²) >= 11 is 0. The molecule has 2 aliphatic rings. The van der Waals surface area contributed by atoms with Crippen molar-refractivity contribution in [2.45, 2.75) is 64.1 Å². The van der Waals surface area contributed by atoms with Gasteiger partial charge in [-0.05, 0) is 54.1 Å². The molecule has 0 spiro atoms. The molecule has 0 aromatic heterocycles. The molecule has 112 valence electrons. The molecule has 0 radical (unpaired) electrons. The zero-order chi connectivity index (χ0) is 14.0. The van der Waals surface area contributed by atoms with Crippen molar-refractivity contribution >= 4 is 0 Å². The number of hydrogen-bond donors (Lipinski definition) is 0. The topological polar surface area (TPSA) is 9.72 Å². The number of hydrogen-bond acceptors (Lipinski definition) is 3. The van der Waals surface area contributed by atoms with Crippen LogP contribution >= 0.6 is 0 Å². The van der Waals surface area contributed by atoms with Crippen LogP contribution in [0.3, 0.4) is 0 Å². The second-order valence-electron chi connectivity index (χ2n) is 7.60. The first-order valence-electron chi connectivity index (χ1n) is 8.03. The molecular weight excluding hydrogens is 234 g/mol.